The fourth-order valence-electron chi connectivity index (χ4n) is 1.19. The van der Waals surface area contributed by atoms with Crippen molar-refractivity contribution in [3.05, 3.63) is 26.4 Å². The van der Waals surface area contributed by atoms with E-state index in [0.29, 0.717) is 5.69 Å². The number of hydrogen-bond acceptors (Lipinski definition) is 3. The highest BCUT2D eigenvalue weighted by Gasteiger charge is 2.19. The highest BCUT2D eigenvalue weighted by molar-refractivity contribution is 9.11. The van der Waals surface area contributed by atoms with Gasteiger partial charge in [-0.15, -0.1) is 0 Å². The van der Waals surface area contributed by atoms with Gasteiger partial charge in [0.05, 0.1) is 24.3 Å². The number of pyridine rings is 1. The summed E-state index contributed by atoms with van der Waals surface area (Å²) in [6, 6.07) is 1.39. The van der Waals surface area contributed by atoms with E-state index in [1.54, 1.807) is 6.92 Å². The van der Waals surface area contributed by atoms with Crippen molar-refractivity contribution in [3.8, 4) is 0 Å². The molecule has 0 bridgehead atoms. The molecule has 94 valence electrons. The van der Waals surface area contributed by atoms with Crippen molar-refractivity contribution in [1.29, 1.82) is 0 Å². The standard InChI is InChI=1S/C10H9Br2F2NO2/c1-2-17-7(16)4-5-3-6(11)8(10(13)14)9(12)15-5/h3,10H,2,4H2,1H3. The van der Waals surface area contributed by atoms with E-state index < -0.39 is 12.4 Å². The third kappa shape index (κ3) is 3.99. The second-order valence-corrected chi connectivity index (χ2v) is 4.69. The number of nitrogens with zero attached hydrogens (tertiary/aromatic N) is 1. The van der Waals surface area contributed by atoms with Gasteiger partial charge in [0.1, 0.15) is 4.60 Å². The summed E-state index contributed by atoms with van der Waals surface area (Å²) < 4.78 is 30.2. The third-order valence-corrected chi connectivity index (χ3v) is 3.12. The molecule has 1 aromatic heterocycles. The average molecular weight is 373 g/mol. The summed E-state index contributed by atoms with van der Waals surface area (Å²) in [5.41, 5.74) is 0.143. The number of halogens is 4. The lowest BCUT2D eigenvalue weighted by atomic mass is 10.2. The lowest BCUT2D eigenvalue weighted by Gasteiger charge is -2.08. The molecule has 0 aliphatic rings. The Morgan fingerprint density at radius 2 is 2.18 bits per heavy atom. The van der Waals surface area contributed by atoms with E-state index in [1.165, 1.54) is 6.07 Å². The van der Waals surface area contributed by atoms with E-state index in [-0.39, 0.29) is 27.7 Å². The second-order valence-electron chi connectivity index (χ2n) is 3.08. The first-order chi connectivity index (χ1) is 7.95. The van der Waals surface area contributed by atoms with Crippen LogP contribution in [0.3, 0.4) is 0 Å². The maximum Gasteiger partial charge on any atom is 0.311 e. The summed E-state index contributed by atoms with van der Waals surface area (Å²) in [6.07, 6.45) is -2.68. The SMILES string of the molecule is CCOC(=O)Cc1cc(Br)c(C(F)F)c(Br)n1. The zero-order chi connectivity index (χ0) is 13.0. The third-order valence-electron chi connectivity index (χ3n) is 1.86. The van der Waals surface area contributed by atoms with Gasteiger partial charge in [-0.05, 0) is 28.9 Å². The van der Waals surface area contributed by atoms with Crippen molar-refractivity contribution in [1.82, 2.24) is 4.98 Å². The fourth-order valence-corrected chi connectivity index (χ4v) is 2.69. The summed E-state index contributed by atoms with van der Waals surface area (Å²) in [4.78, 5) is 15.1. The molecule has 0 saturated heterocycles. The van der Waals surface area contributed by atoms with Gasteiger partial charge < -0.3 is 4.74 Å². The molecule has 1 heterocycles. The quantitative estimate of drug-likeness (QED) is 0.598. The molecular formula is C10H9Br2F2NO2. The molecule has 0 spiro atoms. The smallest absolute Gasteiger partial charge is 0.311 e. The van der Waals surface area contributed by atoms with Crippen molar-refractivity contribution in [2.24, 2.45) is 0 Å². The van der Waals surface area contributed by atoms with Crippen LogP contribution in [0.25, 0.3) is 0 Å². The van der Waals surface area contributed by atoms with Crippen LogP contribution < -0.4 is 0 Å². The number of carbonyl (C=O) groups excluding carboxylic acids is 1. The van der Waals surface area contributed by atoms with Crippen molar-refractivity contribution in [2.75, 3.05) is 6.61 Å². The van der Waals surface area contributed by atoms with Crippen molar-refractivity contribution in [3.63, 3.8) is 0 Å². The number of ether oxygens (including phenoxy) is 1. The maximum absolute atomic E-state index is 12.6. The molecular weight excluding hydrogens is 364 g/mol. The van der Waals surface area contributed by atoms with E-state index in [0.717, 1.165) is 0 Å². The molecule has 17 heavy (non-hydrogen) atoms. The summed E-state index contributed by atoms with van der Waals surface area (Å²) in [5.74, 6) is -0.441. The Morgan fingerprint density at radius 3 is 2.65 bits per heavy atom. The van der Waals surface area contributed by atoms with Gasteiger partial charge in [0.25, 0.3) is 6.43 Å². The van der Waals surface area contributed by atoms with Gasteiger partial charge in [-0.2, -0.15) is 0 Å². The van der Waals surface area contributed by atoms with Gasteiger partial charge in [0, 0.05) is 4.47 Å². The molecule has 7 heteroatoms. The topological polar surface area (TPSA) is 39.2 Å². The zero-order valence-electron chi connectivity index (χ0n) is 8.84. The lowest BCUT2D eigenvalue weighted by Crippen LogP contribution is -2.09. The summed E-state index contributed by atoms with van der Waals surface area (Å²) in [6.45, 7) is 1.97. The molecule has 0 aliphatic carbocycles. The molecule has 0 N–H and O–H groups in total. The minimum atomic E-state index is -2.64. The van der Waals surface area contributed by atoms with Crippen LogP contribution in [0.2, 0.25) is 0 Å². The number of rotatable bonds is 4. The summed E-state index contributed by atoms with van der Waals surface area (Å²) in [7, 11) is 0. The molecule has 0 fully saturated rings. The molecule has 0 radical (unpaired) electrons. The predicted octanol–water partition coefficient (Wildman–Crippen LogP) is 3.65. The fraction of sp³-hybridized carbons (Fsp3) is 0.400. The Kier molecular flexibility index (Phi) is 5.45. The first kappa shape index (κ1) is 14.5. The van der Waals surface area contributed by atoms with Crippen LogP contribution in [-0.4, -0.2) is 17.6 Å². The Balaban J connectivity index is 2.94. The highest BCUT2D eigenvalue weighted by Crippen LogP contribution is 2.33. The van der Waals surface area contributed by atoms with Crippen molar-refractivity contribution >= 4 is 37.8 Å². The Bertz CT molecular complexity index is 404. The van der Waals surface area contributed by atoms with E-state index in [9.17, 15) is 13.6 Å². The molecule has 0 amide bonds. The molecule has 1 aromatic rings. The maximum atomic E-state index is 12.6. The van der Waals surface area contributed by atoms with E-state index in [4.69, 9.17) is 4.74 Å². The van der Waals surface area contributed by atoms with E-state index in [2.05, 4.69) is 36.8 Å². The van der Waals surface area contributed by atoms with Crippen LogP contribution in [0.15, 0.2) is 15.1 Å². The second kappa shape index (κ2) is 6.39. The van der Waals surface area contributed by atoms with Crippen LogP contribution in [-0.2, 0) is 16.0 Å². The minimum Gasteiger partial charge on any atom is -0.466 e. The molecule has 0 saturated carbocycles. The zero-order valence-corrected chi connectivity index (χ0v) is 12.0. The van der Waals surface area contributed by atoms with Crippen LogP contribution in [0.1, 0.15) is 24.6 Å². The molecule has 0 unspecified atom stereocenters. The van der Waals surface area contributed by atoms with Gasteiger partial charge in [0.15, 0.2) is 0 Å². The van der Waals surface area contributed by atoms with Crippen LogP contribution in [0, 0.1) is 0 Å². The number of aromatic nitrogens is 1. The predicted molar refractivity (Wildman–Crippen MR) is 64.9 cm³/mol. The first-order valence-corrected chi connectivity index (χ1v) is 6.32. The molecule has 0 atom stereocenters. The van der Waals surface area contributed by atoms with Crippen LogP contribution >= 0.6 is 31.9 Å². The summed E-state index contributed by atoms with van der Waals surface area (Å²) >= 11 is 5.98. The highest BCUT2D eigenvalue weighted by atomic mass is 79.9. The number of esters is 1. The van der Waals surface area contributed by atoms with E-state index in [1.807, 2.05) is 0 Å². The Morgan fingerprint density at radius 1 is 1.53 bits per heavy atom. The van der Waals surface area contributed by atoms with Gasteiger partial charge in [-0.3, -0.25) is 4.79 Å². The number of alkyl halides is 2. The largest absolute Gasteiger partial charge is 0.466 e. The van der Waals surface area contributed by atoms with E-state index >= 15 is 0 Å². The Hall–Kier alpha value is -0.560. The van der Waals surface area contributed by atoms with Gasteiger partial charge in [-0.1, -0.05) is 15.9 Å². The molecule has 1 rings (SSSR count). The molecule has 3 nitrogen and oxygen atoms in total. The van der Waals surface area contributed by atoms with Crippen LogP contribution in [0.4, 0.5) is 8.78 Å². The average Bonchev–Trinajstić information content (AvgIpc) is 2.15. The van der Waals surface area contributed by atoms with Crippen LogP contribution in [0.5, 0.6) is 0 Å². The monoisotopic (exact) mass is 371 g/mol. The number of carbonyl (C=O) groups is 1. The van der Waals surface area contributed by atoms with Gasteiger partial charge in [0.2, 0.25) is 0 Å². The molecule has 0 aromatic carbocycles. The lowest BCUT2D eigenvalue weighted by molar-refractivity contribution is -0.142. The summed E-state index contributed by atoms with van der Waals surface area (Å²) in [5, 5.41) is 0. The molecule has 0 aliphatic heterocycles. The van der Waals surface area contributed by atoms with Gasteiger partial charge in [-0.25, -0.2) is 13.8 Å². The van der Waals surface area contributed by atoms with Crippen molar-refractivity contribution in [2.45, 2.75) is 19.8 Å². The Labute approximate surface area is 114 Å². The van der Waals surface area contributed by atoms with Gasteiger partial charge >= 0.3 is 5.97 Å². The minimum absolute atomic E-state index is 0.0289. The van der Waals surface area contributed by atoms with Crippen molar-refractivity contribution < 1.29 is 18.3 Å². The number of hydrogen-bond donors (Lipinski definition) is 0. The first-order valence-electron chi connectivity index (χ1n) is 4.74. The normalized spacial score (nSPS) is 10.7.